The fourth-order valence-electron chi connectivity index (χ4n) is 0.592. The first-order valence-electron chi connectivity index (χ1n) is 2.90. The highest BCUT2D eigenvalue weighted by atomic mass is 16.1. The molecular formula is C7H7N2O. The summed E-state index contributed by atoms with van der Waals surface area (Å²) in [6.07, 6.45) is 4.10. The summed E-state index contributed by atoms with van der Waals surface area (Å²) in [4.78, 5) is 14.5. The molecule has 0 spiro atoms. The Hall–Kier alpha value is -1.22. The first-order chi connectivity index (χ1) is 4.84. The van der Waals surface area contributed by atoms with Crippen LogP contribution in [0.3, 0.4) is 0 Å². The minimum atomic E-state index is -0.131. The van der Waals surface area contributed by atoms with Crippen molar-refractivity contribution in [2.75, 3.05) is 6.54 Å². The standard InChI is InChI=1S/C7H7N2O/c8-4-7(10)6-2-1-3-9-5-6/h1-3H,4,8H2. The average Bonchev–Trinajstić information content (AvgIpc) is 2.05. The molecule has 0 amide bonds. The summed E-state index contributed by atoms with van der Waals surface area (Å²) in [7, 11) is 0. The van der Waals surface area contributed by atoms with Crippen LogP contribution < -0.4 is 5.73 Å². The van der Waals surface area contributed by atoms with E-state index >= 15 is 0 Å². The molecule has 0 aliphatic rings. The first-order valence-corrected chi connectivity index (χ1v) is 2.90. The van der Waals surface area contributed by atoms with E-state index in [0.29, 0.717) is 5.56 Å². The van der Waals surface area contributed by atoms with Crippen LogP contribution in [0.15, 0.2) is 18.3 Å². The lowest BCUT2D eigenvalue weighted by Gasteiger charge is -1.92. The molecule has 3 nitrogen and oxygen atoms in total. The van der Waals surface area contributed by atoms with Crippen LogP contribution >= 0.6 is 0 Å². The van der Waals surface area contributed by atoms with Crippen molar-refractivity contribution in [3.63, 3.8) is 0 Å². The average molecular weight is 135 g/mol. The Balaban J connectivity index is 2.85. The van der Waals surface area contributed by atoms with Crippen molar-refractivity contribution in [1.82, 2.24) is 4.98 Å². The lowest BCUT2D eigenvalue weighted by Crippen LogP contribution is -2.13. The van der Waals surface area contributed by atoms with Gasteiger partial charge in [0, 0.05) is 11.8 Å². The van der Waals surface area contributed by atoms with Crippen molar-refractivity contribution in [1.29, 1.82) is 0 Å². The Labute approximate surface area is 58.9 Å². The van der Waals surface area contributed by atoms with E-state index in [2.05, 4.69) is 11.2 Å². The fourth-order valence-corrected chi connectivity index (χ4v) is 0.592. The zero-order chi connectivity index (χ0) is 7.40. The zero-order valence-corrected chi connectivity index (χ0v) is 5.37. The van der Waals surface area contributed by atoms with Crippen LogP contribution in [0, 0.1) is 6.20 Å². The lowest BCUT2D eigenvalue weighted by molar-refractivity contribution is 0.100. The molecule has 0 fully saturated rings. The van der Waals surface area contributed by atoms with Crippen LogP contribution in [0.1, 0.15) is 10.4 Å². The number of hydrogen-bond donors (Lipinski definition) is 1. The quantitative estimate of drug-likeness (QED) is 0.582. The molecule has 1 radical (unpaired) electrons. The van der Waals surface area contributed by atoms with E-state index in [9.17, 15) is 4.79 Å². The van der Waals surface area contributed by atoms with E-state index in [1.54, 1.807) is 18.3 Å². The molecule has 10 heavy (non-hydrogen) atoms. The molecule has 0 unspecified atom stereocenters. The molecule has 0 bridgehead atoms. The van der Waals surface area contributed by atoms with Gasteiger partial charge >= 0.3 is 0 Å². The van der Waals surface area contributed by atoms with Gasteiger partial charge in [0.15, 0.2) is 5.78 Å². The number of Topliss-reactive ketones (excluding diaryl/α,β-unsaturated/α-hetero) is 1. The minimum Gasteiger partial charge on any atom is -0.324 e. The highest BCUT2D eigenvalue weighted by Gasteiger charge is 2.00. The number of nitrogens with zero attached hydrogens (tertiary/aromatic N) is 1. The van der Waals surface area contributed by atoms with Gasteiger partial charge in [-0.25, -0.2) is 0 Å². The molecular weight excluding hydrogens is 128 g/mol. The van der Waals surface area contributed by atoms with E-state index in [1.807, 2.05) is 0 Å². The molecule has 0 aromatic carbocycles. The summed E-state index contributed by atoms with van der Waals surface area (Å²) in [6, 6.07) is 3.32. The molecule has 0 aliphatic carbocycles. The molecule has 1 heterocycles. The van der Waals surface area contributed by atoms with Crippen molar-refractivity contribution >= 4 is 5.78 Å². The molecule has 0 saturated carbocycles. The Bertz CT molecular complexity index is 220. The van der Waals surface area contributed by atoms with Gasteiger partial charge < -0.3 is 5.73 Å². The molecule has 51 valence electrons. The number of nitrogens with two attached hydrogens (primary N) is 1. The number of pyridine rings is 1. The monoisotopic (exact) mass is 135 g/mol. The van der Waals surface area contributed by atoms with Crippen LogP contribution in [0.5, 0.6) is 0 Å². The maximum atomic E-state index is 10.8. The third-order valence-electron chi connectivity index (χ3n) is 1.09. The second-order valence-corrected chi connectivity index (χ2v) is 1.79. The number of carbonyl (C=O) groups is 1. The van der Waals surface area contributed by atoms with Crippen molar-refractivity contribution < 1.29 is 4.79 Å². The van der Waals surface area contributed by atoms with Crippen molar-refractivity contribution in [2.45, 2.75) is 0 Å². The van der Waals surface area contributed by atoms with Crippen molar-refractivity contribution in [2.24, 2.45) is 5.73 Å². The van der Waals surface area contributed by atoms with Crippen LogP contribution in [-0.4, -0.2) is 17.3 Å². The number of carbonyl (C=O) groups excluding carboxylic acids is 1. The summed E-state index contributed by atoms with van der Waals surface area (Å²) >= 11 is 0. The third-order valence-corrected chi connectivity index (χ3v) is 1.09. The molecule has 0 atom stereocenters. The van der Waals surface area contributed by atoms with Crippen LogP contribution in [-0.2, 0) is 0 Å². The van der Waals surface area contributed by atoms with Gasteiger partial charge in [-0.3, -0.25) is 9.78 Å². The van der Waals surface area contributed by atoms with Crippen LogP contribution in [0.2, 0.25) is 0 Å². The molecule has 3 heteroatoms. The summed E-state index contributed by atoms with van der Waals surface area (Å²) in [5.41, 5.74) is 5.56. The van der Waals surface area contributed by atoms with Crippen molar-refractivity contribution in [3.8, 4) is 0 Å². The molecule has 1 rings (SSSR count). The minimum absolute atomic E-state index is 0.0161. The van der Waals surface area contributed by atoms with Crippen LogP contribution in [0.4, 0.5) is 0 Å². The second-order valence-electron chi connectivity index (χ2n) is 1.79. The van der Waals surface area contributed by atoms with Gasteiger partial charge in [0.25, 0.3) is 0 Å². The fraction of sp³-hybridized carbons (Fsp3) is 0.143. The predicted molar refractivity (Wildman–Crippen MR) is 36.5 cm³/mol. The number of ketones is 1. The van der Waals surface area contributed by atoms with Gasteiger partial charge in [0.2, 0.25) is 0 Å². The summed E-state index contributed by atoms with van der Waals surface area (Å²) in [5.74, 6) is -0.131. The number of hydrogen-bond acceptors (Lipinski definition) is 3. The molecule has 0 saturated heterocycles. The topological polar surface area (TPSA) is 56.0 Å². The van der Waals surface area contributed by atoms with E-state index in [0.717, 1.165) is 0 Å². The summed E-state index contributed by atoms with van der Waals surface area (Å²) < 4.78 is 0. The Kier molecular flexibility index (Phi) is 2.12. The zero-order valence-electron chi connectivity index (χ0n) is 5.37. The maximum absolute atomic E-state index is 10.8. The highest BCUT2D eigenvalue weighted by molar-refractivity contribution is 5.96. The van der Waals surface area contributed by atoms with Gasteiger partial charge in [-0.1, -0.05) is 0 Å². The molecule has 0 aliphatic heterocycles. The van der Waals surface area contributed by atoms with Crippen molar-refractivity contribution in [3.05, 3.63) is 30.1 Å². The molecule has 1 aromatic heterocycles. The summed E-state index contributed by atoms with van der Waals surface area (Å²) in [6.45, 7) is 0.0161. The Morgan fingerprint density at radius 2 is 2.60 bits per heavy atom. The predicted octanol–water partition coefficient (Wildman–Crippen LogP) is 0.0232. The van der Waals surface area contributed by atoms with E-state index < -0.39 is 0 Å². The SMILES string of the molecule is NCC(=O)c1[c]nccc1. The number of aromatic nitrogens is 1. The third kappa shape index (κ3) is 1.39. The largest absolute Gasteiger partial charge is 0.324 e. The highest BCUT2D eigenvalue weighted by Crippen LogP contribution is 1.93. The summed E-state index contributed by atoms with van der Waals surface area (Å²) in [5, 5.41) is 0. The Morgan fingerprint density at radius 3 is 3.10 bits per heavy atom. The van der Waals surface area contributed by atoms with E-state index in [-0.39, 0.29) is 12.3 Å². The van der Waals surface area contributed by atoms with Gasteiger partial charge in [-0.05, 0) is 12.1 Å². The second kappa shape index (κ2) is 3.08. The van der Waals surface area contributed by atoms with E-state index in [4.69, 9.17) is 5.73 Å². The maximum Gasteiger partial charge on any atom is 0.178 e. The van der Waals surface area contributed by atoms with Gasteiger partial charge in [-0.2, -0.15) is 0 Å². The lowest BCUT2D eigenvalue weighted by atomic mass is 10.2. The molecule has 1 aromatic rings. The van der Waals surface area contributed by atoms with Crippen LogP contribution in [0.25, 0.3) is 0 Å². The Morgan fingerprint density at radius 1 is 1.80 bits per heavy atom. The van der Waals surface area contributed by atoms with Gasteiger partial charge in [0.1, 0.15) is 6.20 Å². The van der Waals surface area contributed by atoms with Gasteiger partial charge in [-0.15, -0.1) is 0 Å². The first kappa shape index (κ1) is 6.89. The smallest absolute Gasteiger partial charge is 0.178 e. The molecule has 2 N–H and O–H groups in total. The number of rotatable bonds is 2. The van der Waals surface area contributed by atoms with Gasteiger partial charge in [0.05, 0.1) is 6.54 Å². The van der Waals surface area contributed by atoms with E-state index in [1.165, 1.54) is 0 Å². The normalized spacial score (nSPS) is 9.30.